The average Bonchev–Trinajstić information content (AvgIpc) is 3.76. The van der Waals surface area contributed by atoms with E-state index in [1.165, 1.54) is 0 Å². The SMILES string of the molecule is O=[S](=O)(O)[Zn].c1ccc2c(c1)-c1nc-2nc2[nH]c(nc3nc(nc4[nH]c(n1)c1ccccc41)-c1ccccc1-3)c1ccccc21. The fraction of sp³-hybridized carbons (Fsp3) is 0. The van der Waals surface area contributed by atoms with Crippen LogP contribution in [0.15, 0.2) is 97.1 Å². The standard InChI is InChI=1S/C32H18N8.HO3S.Zn/c1-2-10-18-17(9-1)25-33-26(18)38-28-21-13-5-6-14-22(21)30(35-28)40-32-24-16-8-7-15-23(24)31(36-32)39-29-20-12-4-3-11-19(20)27(34-29)37-25;1-4(2)3;/h1-16H,(H2,33,34,35,36,37,38,39,40);(H,1,2,3);. The number of H-pyrrole nitrogens is 2. The largest absolute Gasteiger partial charge is 0.324 e. The molecule has 0 fully saturated rings. The number of fused-ring (bicyclic) bond motifs is 20. The summed E-state index contributed by atoms with van der Waals surface area (Å²) in [6.07, 6.45) is 0. The van der Waals surface area contributed by atoms with Crippen LogP contribution >= 0.6 is 0 Å². The maximum absolute atomic E-state index is 9.24. The van der Waals surface area contributed by atoms with E-state index in [4.69, 9.17) is 34.5 Å². The molecule has 0 saturated heterocycles. The molecule has 3 aromatic heterocycles. The fourth-order valence-electron chi connectivity index (χ4n) is 5.59. The van der Waals surface area contributed by atoms with Crippen molar-refractivity contribution in [3.63, 3.8) is 0 Å². The summed E-state index contributed by atoms with van der Waals surface area (Å²) >= 11 is -0.0764. The van der Waals surface area contributed by atoms with Crippen molar-refractivity contribution in [1.29, 1.82) is 0 Å². The number of benzene rings is 4. The van der Waals surface area contributed by atoms with E-state index in [0.29, 0.717) is 45.9 Å². The summed E-state index contributed by atoms with van der Waals surface area (Å²) < 4.78 is 26.0. The van der Waals surface area contributed by atoms with Gasteiger partial charge >= 0.3 is 38.2 Å². The molecule has 2 aliphatic heterocycles. The number of nitrogens with zero attached hydrogens (tertiary/aromatic N) is 6. The van der Waals surface area contributed by atoms with E-state index < -0.39 is 8.11 Å². The van der Waals surface area contributed by atoms with Crippen molar-refractivity contribution >= 4 is 52.2 Å². The Morgan fingerprint density at radius 3 is 0.911 bits per heavy atom. The third-order valence-electron chi connectivity index (χ3n) is 7.46. The first-order valence-electron chi connectivity index (χ1n) is 13.8. The molecule has 45 heavy (non-hydrogen) atoms. The molecule has 5 heterocycles. The van der Waals surface area contributed by atoms with Crippen LogP contribution in [0.1, 0.15) is 0 Å². The second kappa shape index (κ2) is 10.4. The molecule has 7 aromatic rings. The number of aromatic nitrogens is 8. The minimum atomic E-state index is -3.54. The molecule has 8 bridgehead atoms. The van der Waals surface area contributed by atoms with Crippen LogP contribution in [0.5, 0.6) is 0 Å². The van der Waals surface area contributed by atoms with Gasteiger partial charge in [-0.1, -0.05) is 97.1 Å². The van der Waals surface area contributed by atoms with Crippen LogP contribution in [0.25, 0.3) is 89.7 Å². The molecule has 0 atom stereocenters. The molecule has 11 nitrogen and oxygen atoms in total. The Morgan fingerprint density at radius 2 is 0.667 bits per heavy atom. The van der Waals surface area contributed by atoms with Crippen molar-refractivity contribution in [1.82, 2.24) is 39.9 Å². The van der Waals surface area contributed by atoms with E-state index in [-0.39, 0.29) is 17.1 Å². The summed E-state index contributed by atoms with van der Waals surface area (Å²) in [5.74, 6) is 2.39. The molecule has 13 heteroatoms. The van der Waals surface area contributed by atoms with Crippen LogP contribution in [0, 0.1) is 0 Å². The van der Waals surface area contributed by atoms with Gasteiger partial charge in [-0.15, -0.1) is 0 Å². The van der Waals surface area contributed by atoms with Crippen LogP contribution in [-0.4, -0.2) is 52.8 Å². The summed E-state index contributed by atoms with van der Waals surface area (Å²) in [6.45, 7) is 0. The molecule has 0 saturated carbocycles. The number of hydrogen-bond donors (Lipinski definition) is 3. The monoisotopic (exact) mass is 659 g/mol. The van der Waals surface area contributed by atoms with Crippen molar-refractivity contribution in [2.45, 2.75) is 0 Å². The summed E-state index contributed by atoms with van der Waals surface area (Å²) in [7, 11) is -3.54. The fourth-order valence-corrected chi connectivity index (χ4v) is 5.59. The third-order valence-corrected chi connectivity index (χ3v) is 7.46. The number of rotatable bonds is 0. The molecule has 0 spiro atoms. The molecule has 2 aliphatic rings. The zero-order valence-corrected chi connectivity index (χ0v) is 27.1. The zero-order chi connectivity index (χ0) is 30.7. The van der Waals surface area contributed by atoms with Gasteiger partial charge in [0.25, 0.3) is 0 Å². The molecular weight excluding hydrogens is 642 g/mol. The van der Waals surface area contributed by atoms with Gasteiger partial charge in [-0.3, -0.25) is 0 Å². The zero-order valence-electron chi connectivity index (χ0n) is 23.3. The van der Waals surface area contributed by atoms with Gasteiger partial charge in [-0.25, -0.2) is 29.9 Å². The quantitative estimate of drug-likeness (QED) is 0.127. The van der Waals surface area contributed by atoms with Gasteiger partial charge in [0.05, 0.1) is 0 Å². The molecule has 3 N–H and O–H groups in total. The molecular formula is C32H19N8O3SZn. The molecule has 213 valence electrons. The van der Waals surface area contributed by atoms with Crippen molar-refractivity contribution in [3.05, 3.63) is 97.1 Å². The molecule has 0 unspecified atom stereocenters. The maximum Gasteiger partial charge on any atom is 0.164 e. The van der Waals surface area contributed by atoms with Gasteiger partial charge in [0.15, 0.2) is 23.3 Å². The van der Waals surface area contributed by atoms with Gasteiger partial charge in [0, 0.05) is 43.8 Å². The van der Waals surface area contributed by atoms with Crippen molar-refractivity contribution in [2.75, 3.05) is 0 Å². The Balaban J connectivity index is 0.000000560. The maximum atomic E-state index is 9.24. The van der Waals surface area contributed by atoms with Crippen LogP contribution in [-0.2, 0) is 25.2 Å². The predicted molar refractivity (Wildman–Crippen MR) is 168 cm³/mol. The minimum absolute atomic E-state index is 0.0764. The van der Waals surface area contributed by atoms with E-state index in [1.807, 2.05) is 97.1 Å². The number of nitrogens with one attached hydrogen (secondary N) is 2. The predicted octanol–water partition coefficient (Wildman–Crippen LogP) is 6.21. The first-order valence-corrected chi connectivity index (χ1v) is 19.0. The van der Waals surface area contributed by atoms with E-state index in [9.17, 15) is 8.42 Å². The van der Waals surface area contributed by atoms with Crippen LogP contribution < -0.4 is 0 Å². The molecule has 0 aliphatic carbocycles. The average molecular weight is 661 g/mol. The Hall–Kier alpha value is -5.23. The van der Waals surface area contributed by atoms with Crippen LogP contribution in [0.4, 0.5) is 0 Å². The van der Waals surface area contributed by atoms with Crippen molar-refractivity contribution in [3.8, 4) is 45.6 Å². The Bertz CT molecular complexity index is 2290. The van der Waals surface area contributed by atoms with Gasteiger partial charge in [0.1, 0.15) is 22.6 Å². The first kappa shape index (κ1) is 27.3. The summed E-state index contributed by atoms with van der Waals surface area (Å²) in [5.41, 5.74) is 6.45. The van der Waals surface area contributed by atoms with Gasteiger partial charge < -0.3 is 9.97 Å². The Kier molecular flexibility index (Phi) is 6.34. The second-order valence-electron chi connectivity index (χ2n) is 10.4. The van der Waals surface area contributed by atoms with Gasteiger partial charge in [-0.05, 0) is 0 Å². The van der Waals surface area contributed by atoms with E-state index in [0.717, 1.165) is 43.8 Å². The molecule has 9 rings (SSSR count). The van der Waals surface area contributed by atoms with Crippen LogP contribution in [0.2, 0.25) is 0 Å². The van der Waals surface area contributed by atoms with E-state index in [2.05, 4.69) is 9.97 Å². The Morgan fingerprint density at radius 1 is 0.444 bits per heavy atom. The number of aromatic amines is 2. The van der Waals surface area contributed by atoms with E-state index >= 15 is 0 Å². The first-order chi connectivity index (χ1) is 21.8. The summed E-state index contributed by atoms with van der Waals surface area (Å²) in [6, 6.07) is 32.2. The summed E-state index contributed by atoms with van der Waals surface area (Å²) in [4.78, 5) is 36.8. The summed E-state index contributed by atoms with van der Waals surface area (Å²) in [5, 5.41) is 3.82. The molecule has 0 radical (unpaired) electrons. The molecule has 0 amide bonds. The normalized spacial score (nSPS) is 12.0. The topological polar surface area (TPSA) is 163 Å². The van der Waals surface area contributed by atoms with Gasteiger partial charge in [0.2, 0.25) is 0 Å². The minimum Gasteiger partial charge on any atom is -0.324 e. The third kappa shape index (κ3) is 4.96. The van der Waals surface area contributed by atoms with Crippen molar-refractivity contribution in [2.24, 2.45) is 0 Å². The number of hydrogen-bond acceptors (Lipinski definition) is 8. The molecule has 4 aromatic carbocycles. The Labute approximate surface area is 263 Å². The smallest absolute Gasteiger partial charge is 0.164 e. The van der Waals surface area contributed by atoms with Gasteiger partial charge in [-0.2, -0.15) is 0 Å². The van der Waals surface area contributed by atoms with Crippen LogP contribution in [0.3, 0.4) is 0 Å². The van der Waals surface area contributed by atoms with E-state index in [1.54, 1.807) is 0 Å². The van der Waals surface area contributed by atoms with Crippen molar-refractivity contribution < 1.29 is 30.1 Å². The second-order valence-corrected chi connectivity index (χ2v) is 16.1.